The summed E-state index contributed by atoms with van der Waals surface area (Å²) in [6.45, 7) is 2.28. The molecule has 3 nitrogen and oxygen atoms in total. The molecule has 0 amide bonds. The van der Waals surface area contributed by atoms with Crippen molar-refractivity contribution in [3.8, 4) is 0 Å². The van der Waals surface area contributed by atoms with E-state index in [2.05, 4.69) is 11.7 Å². The number of rotatable bonds is 4. The summed E-state index contributed by atoms with van der Waals surface area (Å²) in [7, 11) is 1.43. The fourth-order valence-corrected chi connectivity index (χ4v) is 3.37. The third-order valence-corrected chi connectivity index (χ3v) is 4.38. The molecule has 88 valence electrons. The number of esters is 1. The zero-order chi connectivity index (χ0) is 11.3. The molecule has 4 heteroatoms. The van der Waals surface area contributed by atoms with Gasteiger partial charge in [-0.1, -0.05) is 6.92 Å². The Labute approximate surface area is 96.1 Å². The second-order valence-corrected chi connectivity index (χ2v) is 5.66. The fourth-order valence-electron chi connectivity index (χ4n) is 1.94. The smallest absolute Gasteiger partial charge is 0.306 e. The molecule has 1 aliphatic carbocycles. The maximum Gasteiger partial charge on any atom is 0.306 e. The highest BCUT2D eigenvalue weighted by Gasteiger charge is 2.26. The summed E-state index contributed by atoms with van der Waals surface area (Å²) in [6, 6.07) is 0.309. The summed E-state index contributed by atoms with van der Waals surface area (Å²) < 4.78 is 4.60. The molecule has 1 aliphatic rings. The topological polar surface area (TPSA) is 52.3 Å². The third kappa shape index (κ3) is 4.43. The molecule has 1 rings (SSSR count). The molecule has 15 heavy (non-hydrogen) atoms. The average Bonchev–Trinajstić information content (AvgIpc) is 2.23. The number of hydrogen-bond acceptors (Lipinski definition) is 4. The van der Waals surface area contributed by atoms with Gasteiger partial charge in [0, 0.05) is 17.0 Å². The van der Waals surface area contributed by atoms with E-state index in [1.807, 2.05) is 11.8 Å². The minimum Gasteiger partial charge on any atom is -0.469 e. The first-order valence-electron chi connectivity index (χ1n) is 5.57. The predicted octanol–water partition coefficient (Wildman–Crippen LogP) is 1.80. The average molecular weight is 231 g/mol. The second-order valence-electron chi connectivity index (χ2n) is 4.32. The van der Waals surface area contributed by atoms with E-state index in [0.29, 0.717) is 17.7 Å². The number of methoxy groups -OCH3 is 1. The molecule has 0 aromatic carbocycles. The molecule has 1 saturated carbocycles. The normalized spacial score (nSPS) is 31.3. The molecule has 0 heterocycles. The summed E-state index contributed by atoms with van der Waals surface area (Å²) in [4.78, 5) is 10.9. The lowest BCUT2D eigenvalue weighted by Gasteiger charge is -2.31. The van der Waals surface area contributed by atoms with Gasteiger partial charge in [-0.3, -0.25) is 4.79 Å². The van der Waals surface area contributed by atoms with Gasteiger partial charge < -0.3 is 10.5 Å². The number of hydrogen-bond donors (Lipinski definition) is 1. The van der Waals surface area contributed by atoms with E-state index in [1.165, 1.54) is 20.0 Å². The van der Waals surface area contributed by atoms with E-state index in [0.717, 1.165) is 18.1 Å². The van der Waals surface area contributed by atoms with Gasteiger partial charge in [0.15, 0.2) is 0 Å². The Morgan fingerprint density at radius 2 is 2.27 bits per heavy atom. The highest BCUT2D eigenvalue weighted by Crippen LogP contribution is 2.31. The minimum atomic E-state index is -0.125. The summed E-state index contributed by atoms with van der Waals surface area (Å²) >= 11 is 1.83. The van der Waals surface area contributed by atoms with Gasteiger partial charge >= 0.3 is 5.97 Å². The maximum atomic E-state index is 10.9. The summed E-state index contributed by atoms with van der Waals surface area (Å²) in [5, 5.41) is 0.526. The van der Waals surface area contributed by atoms with E-state index in [1.54, 1.807) is 0 Å². The first-order valence-corrected chi connectivity index (χ1v) is 6.62. The van der Waals surface area contributed by atoms with Gasteiger partial charge in [0.25, 0.3) is 0 Å². The molecule has 0 saturated heterocycles. The van der Waals surface area contributed by atoms with Crippen molar-refractivity contribution in [2.75, 3.05) is 12.9 Å². The van der Waals surface area contributed by atoms with Crippen molar-refractivity contribution in [1.82, 2.24) is 0 Å². The lowest BCUT2D eigenvalue weighted by molar-refractivity contribution is -0.140. The molecular formula is C11H21NO2S. The van der Waals surface area contributed by atoms with Crippen LogP contribution in [0.3, 0.4) is 0 Å². The first-order chi connectivity index (χ1) is 7.13. The van der Waals surface area contributed by atoms with Crippen LogP contribution < -0.4 is 5.73 Å². The van der Waals surface area contributed by atoms with Crippen LogP contribution in [0.15, 0.2) is 0 Å². The highest BCUT2D eigenvalue weighted by atomic mass is 32.2. The van der Waals surface area contributed by atoms with Crippen LogP contribution >= 0.6 is 11.8 Å². The molecule has 0 aliphatic heterocycles. The standard InChI is InChI=1S/C11H21NO2S/c1-8-3-4-9(12)10(7-8)15-6-5-11(13)14-2/h8-10H,3-7,12H2,1-2H3. The molecule has 0 aromatic heterocycles. The van der Waals surface area contributed by atoms with Gasteiger partial charge in [-0.05, 0) is 25.2 Å². The van der Waals surface area contributed by atoms with E-state index in [9.17, 15) is 4.79 Å². The molecule has 0 bridgehead atoms. The quantitative estimate of drug-likeness (QED) is 0.750. The molecule has 3 unspecified atom stereocenters. The summed E-state index contributed by atoms with van der Waals surface area (Å²) in [5.41, 5.74) is 6.05. The number of carbonyl (C=O) groups excluding carboxylic acids is 1. The van der Waals surface area contributed by atoms with Crippen molar-refractivity contribution >= 4 is 17.7 Å². The van der Waals surface area contributed by atoms with Gasteiger partial charge in [0.2, 0.25) is 0 Å². The minimum absolute atomic E-state index is 0.125. The first kappa shape index (κ1) is 12.8. The van der Waals surface area contributed by atoms with Gasteiger partial charge in [-0.2, -0.15) is 11.8 Å². The zero-order valence-electron chi connectivity index (χ0n) is 9.57. The van der Waals surface area contributed by atoms with Gasteiger partial charge in [0.05, 0.1) is 13.5 Å². The number of thioether (sulfide) groups is 1. The van der Waals surface area contributed by atoms with Crippen LogP contribution in [0.25, 0.3) is 0 Å². The van der Waals surface area contributed by atoms with Gasteiger partial charge in [-0.25, -0.2) is 0 Å². The number of ether oxygens (including phenoxy) is 1. The summed E-state index contributed by atoms with van der Waals surface area (Å²) in [5.74, 6) is 1.48. The van der Waals surface area contributed by atoms with Crippen molar-refractivity contribution < 1.29 is 9.53 Å². The second kappa shape index (κ2) is 6.38. The van der Waals surface area contributed by atoms with E-state index < -0.39 is 0 Å². The fraction of sp³-hybridized carbons (Fsp3) is 0.909. The Hall–Kier alpha value is -0.220. The monoisotopic (exact) mass is 231 g/mol. The van der Waals surface area contributed by atoms with Crippen molar-refractivity contribution in [3.05, 3.63) is 0 Å². The Kier molecular flexibility index (Phi) is 5.47. The largest absolute Gasteiger partial charge is 0.469 e. The zero-order valence-corrected chi connectivity index (χ0v) is 10.4. The van der Waals surface area contributed by atoms with E-state index in [-0.39, 0.29) is 5.97 Å². The molecule has 0 radical (unpaired) electrons. The predicted molar refractivity (Wildman–Crippen MR) is 63.9 cm³/mol. The van der Waals surface area contributed by atoms with Gasteiger partial charge in [0.1, 0.15) is 0 Å². The van der Waals surface area contributed by atoms with Crippen LogP contribution in [0.2, 0.25) is 0 Å². The van der Waals surface area contributed by atoms with Crippen LogP contribution in [0.1, 0.15) is 32.6 Å². The summed E-state index contributed by atoms with van der Waals surface area (Å²) in [6.07, 6.45) is 4.05. The van der Waals surface area contributed by atoms with Crippen molar-refractivity contribution in [2.24, 2.45) is 11.7 Å². The Morgan fingerprint density at radius 3 is 2.93 bits per heavy atom. The van der Waals surface area contributed by atoms with Crippen molar-refractivity contribution in [2.45, 2.75) is 43.9 Å². The van der Waals surface area contributed by atoms with Crippen molar-refractivity contribution in [3.63, 3.8) is 0 Å². The van der Waals surface area contributed by atoms with Crippen LogP contribution in [0.4, 0.5) is 0 Å². The third-order valence-electron chi connectivity index (χ3n) is 2.97. The van der Waals surface area contributed by atoms with Crippen LogP contribution in [-0.4, -0.2) is 30.1 Å². The number of nitrogens with two attached hydrogens (primary N) is 1. The molecule has 2 N–H and O–H groups in total. The molecule has 3 atom stereocenters. The highest BCUT2D eigenvalue weighted by molar-refractivity contribution is 7.99. The van der Waals surface area contributed by atoms with E-state index in [4.69, 9.17) is 5.73 Å². The Balaban J connectivity index is 2.21. The molecule has 1 fully saturated rings. The molecule has 0 spiro atoms. The Bertz CT molecular complexity index is 211. The molecular weight excluding hydrogens is 210 g/mol. The van der Waals surface area contributed by atoms with Crippen LogP contribution in [0, 0.1) is 5.92 Å². The van der Waals surface area contributed by atoms with E-state index >= 15 is 0 Å². The lowest BCUT2D eigenvalue weighted by atomic mass is 9.87. The van der Waals surface area contributed by atoms with Crippen LogP contribution in [-0.2, 0) is 9.53 Å². The maximum absolute atomic E-state index is 10.9. The molecule has 0 aromatic rings. The SMILES string of the molecule is COC(=O)CCSC1CC(C)CCC1N. The van der Waals surface area contributed by atoms with Gasteiger partial charge in [-0.15, -0.1) is 0 Å². The Morgan fingerprint density at radius 1 is 1.53 bits per heavy atom. The van der Waals surface area contributed by atoms with Crippen molar-refractivity contribution in [1.29, 1.82) is 0 Å². The number of carbonyl (C=O) groups is 1. The lowest BCUT2D eigenvalue weighted by Crippen LogP contribution is -2.38. The van der Waals surface area contributed by atoms with Crippen LogP contribution in [0.5, 0.6) is 0 Å².